The highest BCUT2D eigenvalue weighted by Crippen LogP contribution is 2.25. The van der Waals surface area contributed by atoms with Crippen LogP contribution in [-0.2, 0) is 6.54 Å². The van der Waals surface area contributed by atoms with Crippen molar-refractivity contribution in [1.29, 1.82) is 0 Å². The van der Waals surface area contributed by atoms with Crippen LogP contribution in [0.4, 0.5) is 21.0 Å². The van der Waals surface area contributed by atoms with E-state index in [0.29, 0.717) is 18.8 Å². The van der Waals surface area contributed by atoms with E-state index in [1.165, 1.54) is 0 Å². The molecule has 0 aliphatic heterocycles. The number of anilines is 2. The van der Waals surface area contributed by atoms with Gasteiger partial charge in [0.2, 0.25) is 0 Å². The minimum atomic E-state index is -0.240. The second-order valence-electron chi connectivity index (χ2n) is 7.21. The lowest BCUT2D eigenvalue weighted by Crippen LogP contribution is -2.44. The van der Waals surface area contributed by atoms with Gasteiger partial charge in [0.1, 0.15) is 0 Å². The van der Waals surface area contributed by atoms with E-state index in [2.05, 4.69) is 22.9 Å². The van der Waals surface area contributed by atoms with E-state index in [1.807, 2.05) is 69.8 Å². The molecule has 0 radical (unpaired) electrons. The highest BCUT2D eigenvalue weighted by Gasteiger charge is 2.21. The summed E-state index contributed by atoms with van der Waals surface area (Å²) < 4.78 is 0. The monoisotopic (exact) mass is 377 g/mol. The van der Waals surface area contributed by atoms with Gasteiger partial charge in [-0.2, -0.15) is 0 Å². The van der Waals surface area contributed by atoms with Crippen LogP contribution in [0.1, 0.15) is 46.6 Å². The zero-order valence-electron chi connectivity index (χ0n) is 17.7. The van der Waals surface area contributed by atoms with E-state index in [0.717, 1.165) is 17.7 Å². The van der Waals surface area contributed by atoms with Gasteiger partial charge in [-0.1, -0.05) is 6.92 Å². The predicted molar refractivity (Wildman–Crippen MR) is 112 cm³/mol. The molecule has 1 aromatic carbocycles. The van der Waals surface area contributed by atoms with Crippen molar-refractivity contribution in [3.05, 3.63) is 23.8 Å². The number of carbonyl (C=O) groups excluding carboxylic acids is 2. The summed E-state index contributed by atoms with van der Waals surface area (Å²) in [6.45, 7) is 10.9. The maximum Gasteiger partial charge on any atom is 0.319 e. The molecule has 0 heterocycles. The zero-order chi connectivity index (χ0) is 20.6. The molecule has 27 heavy (non-hydrogen) atoms. The van der Waals surface area contributed by atoms with E-state index < -0.39 is 0 Å². The topological polar surface area (TPSA) is 76.7 Å². The fraction of sp³-hybridized carbons (Fsp3) is 0.600. The summed E-state index contributed by atoms with van der Waals surface area (Å²) in [4.78, 5) is 28.4. The standard InChI is InChI=1S/C20H35N5O2/c1-8-15(5)25(20(27)21-9-2)13-16-12-17(10-11-18(16)24(6)7)23-19(26)22-14(3)4/h10-12,14-15H,8-9,13H2,1-7H3,(H,21,27)(H2,22,23,26)/t15-/m1/s1. The molecular formula is C20H35N5O2. The van der Waals surface area contributed by atoms with Crippen LogP contribution in [-0.4, -0.2) is 49.7 Å². The molecule has 0 saturated heterocycles. The first kappa shape index (κ1) is 22.6. The molecule has 4 amide bonds. The fourth-order valence-electron chi connectivity index (χ4n) is 2.74. The number of hydrogen-bond acceptors (Lipinski definition) is 3. The van der Waals surface area contributed by atoms with Crippen molar-refractivity contribution >= 4 is 23.4 Å². The number of nitrogens with zero attached hydrogens (tertiary/aromatic N) is 2. The second-order valence-corrected chi connectivity index (χ2v) is 7.21. The van der Waals surface area contributed by atoms with E-state index in [-0.39, 0.29) is 24.1 Å². The molecule has 0 aromatic heterocycles. The SMILES string of the molecule is CCNC(=O)N(Cc1cc(NC(=O)NC(C)C)ccc1N(C)C)[C@H](C)CC. The van der Waals surface area contributed by atoms with Crippen LogP contribution in [0, 0.1) is 0 Å². The lowest BCUT2D eigenvalue weighted by Gasteiger charge is -2.30. The summed E-state index contributed by atoms with van der Waals surface area (Å²) in [5, 5.41) is 8.57. The summed E-state index contributed by atoms with van der Waals surface area (Å²) >= 11 is 0. The molecule has 0 spiro atoms. The Kier molecular flexibility index (Phi) is 8.91. The predicted octanol–water partition coefficient (Wildman–Crippen LogP) is 3.61. The molecule has 3 N–H and O–H groups in total. The van der Waals surface area contributed by atoms with Crippen molar-refractivity contribution in [1.82, 2.24) is 15.5 Å². The van der Waals surface area contributed by atoms with Gasteiger partial charge in [-0.25, -0.2) is 9.59 Å². The molecular weight excluding hydrogens is 342 g/mol. The van der Waals surface area contributed by atoms with Gasteiger partial charge in [-0.3, -0.25) is 0 Å². The van der Waals surface area contributed by atoms with E-state index in [9.17, 15) is 9.59 Å². The number of amides is 4. The van der Waals surface area contributed by atoms with Crippen LogP contribution >= 0.6 is 0 Å². The highest BCUT2D eigenvalue weighted by atomic mass is 16.2. The van der Waals surface area contributed by atoms with Gasteiger partial charge in [-0.05, 0) is 57.9 Å². The molecule has 152 valence electrons. The molecule has 0 aliphatic rings. The maximum absolute atomic E-state index is 12.5. The Morgan fingerprint density at radius 1 is 1.11 bits per heavy atom. The van der Waals surface area contributed by atoms with Gasteiger partial charge < -0.3 is 25.8 Å². The van der Waals surface area contributed by atoms with E-state index >= 15 is 0 Å². The lowest BCUT2D eigenvalue weighted by atomic mass is 10.1. The first-order chi connectivity index (χ1) is 12.7. The normalized spacial score (nSPS) is 11.7. The number of nitrogens with one attached hydrogen (secondary N) is 3. The average molecular weight is 378 g/mol. The highest BCUT2D eigenvalue weighted by molar-refractivity contribution is 5.90. The second kappa shape index (κ2) is 10.6. The van der Waals surface area contributed by atoms with Gasteiger partial charge >= 0.3 is 12.1 Å². The summed E-state index contributed by atoms with van der Waals surface area (Å²) in [7, 11) is 3.94. The Morgan fingerprint density at radius 3 is 2.30 bits per heavy atom. The number of benzene rings is 1. The Labute approximate surface area is 163 Å². The van der Waals surface area contributed by atoms with E-state index in [1.54, 1.807) is 0 Å². The molecule has 1 aromatic rings. The summed E-state index contributed by atoms with van der Waals surface area (Å²) in [5.74, 6) is 0. The summed E-state index contributed by atoms with van der Waals surface area (Å²) in [5.41, 5.74) is 2.70. The van der Waals surface area contributed by atoms with Crippen molar-refractivity contribution in [3.8, 4) is 0 Å². The molecule has 7 nitrogen and oxygen atoms in total. The number of hydrogen-bond donors (Lipinski definition) is 3. The van der Waals surface area contributed by atoms with Crippen LogP contribution in [0.15, 0.2) is 18.2 Å². The van der Waals surface area contributed by atoms with E-state index in [4.69, 9.17) is 0 Å². The van der Waals surface area contributed by atoms with Crippen LogP contribution in [0.25, 0.3) is 0 Å². The number of urea groups is 2. The Morgan fingerprint density at radius 2 is 1.78 bits per heavy atom. The first-order valence-corrected chi connectivity index (χ1v) is 9.61. The molecule has 0 saturated carbocycles. The van der Waals surface area contributed by atoms with Crippen molar-refractivity contribution in [2.24, 2.45) is 0 Å². The Balaban J connectivity index is 3.14. The lowest BCUT2D eigenvalue weighted by molar-refractivity contribution is 0.174. The van der Waals surface area contributed by atoms with Crippen molar-refractivity contribution in [3.63, 3.8) is 0 Å². The minimum absolute atomic E-state index is 0.0594. The van der Waals surface area contributed by atoms with Gasteiger partial charge in [-0.15, -0.1) is 0 Å². The molecule has 1 atom stereocenters. The van der Waals surface area contributed by atoms with Crippen molar-refractivity contribution < 1.29 is 9.59 Å². The number of carbonyl (C=O) groups is 2. The smallest absolute Gasteiger partial charge is 0.319 e. The van der Waals surface area contributed by atoms with Gasteiger partial charge in [0.05, 0.1) is 0 Å². The molecule has 0 bridgehead atoms. The Bertz CT molecular complexity index is 631. The van der Waals surface area contributed by atoms with Crippen molar-refractivity contribution in [2.45, 2.75) is 59.7 Å². The molecule has 0 aliphatic carbocycles. The minimum Gasteiger partial charge on any atom is -0.377 e. The quantitative estimate of drug-likeness (QED) is 0.648. The molecule has 1 rings (SSSR count). The van der Waals surface area contributed by atoms with Crippen LogP contribution in [0.3, 0.4) is 0 Å². The van der Waals surface area contributed by atoms with Crippen molar-refractivity contribution in [2.75, 3.05) is 30.9 Å². The third-order valence-electron chi connectivity index (χ3n) is 4.29. The van der Waals surface area contributed by atoms with Crippen LogP contribution in [0.5, 0.6) is 0 Å². The molecule has 7 heteroatoms. The zero-order valence-corrected chi connectivity index (χ0v) is 17.7. The molecule has 0 fully saturated rings. The molecule has 0 unspecified atom stereocenters. The van der Waals surface area contributed by atoms with Crippen LogP contribution in [0.2, 0.25) is 0 Å². The Hall–Kier alpha value is -2.44. The van der Waals surface area contributed by atoms with Gasteiger partial charge in [0, 0.05) is 50.6 Å². The third kappa shape index (κ3) is 7.00. The third-order valence-corrected chi connectivity index (χ3v) is 4.29. The average Bonchev–Trinajstić information content (AvgIpc) is 2.58. The fourth-order valence-corrected chi connectivity index (χ4v) is 2.74. The largest absolute Gasteiger partial charge is 0.377 e. The number of rotatable bonds is 8. The van der Waals surface area contributed by atoms with Gasteiger partial charge in [0.25, 0.3) is 0 Å². The maximum atomic E-state index is 12.5. The summed E-state index contributed by atoms with van der Waals surface area (Å²) in [6, 6.07) is 5.62. The summed E-state index contributed by atoms with van der Waals surface area (Å²) in [6.07, 6.45) is 0.864. The van der Waals surface area contributed by atoms with Gasteiger partial charge in [0.15, 0.2) is 0 Å². The first-order valence-electron chi connectivity index (χ1n) is 9.61. The van der Waals surface area contributed by atoms with Crippen LogP contribution < -0.4 is 20.9 Å².